The van der Waals surface area contributed by atoms with E-state index in [1.54, 1.807) is 0 Å². The molecule has 3 heteroatoms. The van der Waals surface area contributed by atoms with Gasteiger partial charge in [-0.3, -0.25) is 0 Å². The van der Waals surface area contributed by atoms with Crippen LogP contribution in [-0.4, -0.2) is 26.3 Å². The molecule has 92 valence electrons. The van der Waals surface area contributed by atoms with Crippen LogP contribution in [0.1, 0.15) is 18.4 Å². The normalized spacial score (nSPS) is 19.8. The van der Waals surface area contributed by atoms with Gasteiger partial charge in [0.05, 0.1) is 13.2 Å². The number of hydrogen-bond acceptors (Lipinski definition) is 3. The SMILES string of the molecule is c1cc2c(c(OCC3CCNCC3)c1)CCO2. The summed E-state index contributed by atoms with van der Waals surface area (Å²) < 4.78 is 11.5. The van der Waals surface area contributed by atoms with Gasteiger partial charge in [-0.15, -0.1) is 0 Å². The van der Waals surface area contributed by atoms with Gasteiger partial charge < -0.3 is 14.8 Å². The van der Waals surface area contributed by atoms with Gasteiger partial charge in [-0.05, 0) is 44.0 Å². The minimum absolute atomic E-state index is 0.703. The molecule has 0 unspecified atom stereocenters. The molecule has 1 aromatic carbocycles. The highest BCUT2D eigenvalue weighted by Crippen LogP contribution is 2.33. The van der Waals surface area contributed by atoms with Crippen molar-refractivity contribution in [3.8, 4) is 11.5 Å². The second kappa shape index (κ2) is 4.96. The Labute approximate surface area is 102 Å². The summed E-state index contributed by atoms with van der Waals surface area (Å²) in [4.78, 5) is 0. The van der Waals surface area contributed by atoms with Crippen molar-refractivity contribution in [2.24, 2.45) is 5.92 Å². The second-order valence-electron chi connectivity index (χ2n) is 4.84. The average Bonchev–Trinajstić information content (AvgIpc) is 2.86. The molecule has 0 bridgehead atoms. The Morgan fingerprint density at radius 3 is 3.06 bits per heavy atom. The van der Waals surface area contributed by atoms with E-state index in [-0.39, 0.29) is 0 Å². The third kappa shape index (κ3) is 2.39. The molecular formula is C14H19NO2. The number of hydrogen-bond donors (Lipinski definition) is 1. The van der Waals surface area contributed by atoms with Crippen molar-refractivity contribution in [3.05, 3.63) is 23.8 Å². The quantitative estimate of drug-likeness (QED) is 0.866. The maximum Gasteiger partial charge on any atom is 0.126 e. The molecular weight excluding hydrogens is 214 g/mol. The Hall–Kier alpha value is -1.22. The number of fused-ring (bicyclic) bond motifs is 1. The molecule has 0 aliphatic carbocycles. The van der Waals surface area contributed by atoms with Crippen molar-refractivity contribution >= 4 is 0 Å². The van der Waals surface area contributed by atoms with Crippen molar-refractivity contribution in [2.75, 3.05) is 26.3 Å². The third-order valence-electron chi connectivity index (χ3n) is 3.63. The van der Waals surface area contributed by atoms with E-state index in [9.17, 15) is 0 Å². The summed E-state index contributed by atoms with van der Waals surface area (Å²) in [5.41, 5.74) is 1.25. The zero-order valence-electron chi connectivity index (χ0n) is 10.1. The molecule has 3 rings (SSSR count). The lowest BCUT2D eigenvalue weighted by atomic mass is 9.99. The van der Waals surface area contributed by atoms with Gasteiger partial charge in [0, 0.05) is 12.0 Å². The van der Waals surface area contributed by atoms with E-state index in [0.29, 0.717) is 5.92 Å². The summed E-state index contributed by atoms with van der Waals surface area (Å²) in [5.74, 6) is 2.74. The number of nitrogens with one attached hydrogen (secondary N) is 1. The largest absolute Gasteiger partial charge is 0.493 e. The summed E-state index contributed by atoms with van der Waals surface area (Å²) >= 11 is 0. The Morgan fingerprint density at radius 1 is 1.29 bits per heavy atom. The van der Waals surface area contributed by atoms with Crippen LogP contribution in [0.2, 0.25) is 0 Å². The van der Waals surface area contributed by atoms with Gasteiger partial charge >= 0.3 is 0 Å². The molecule has 0 aromatic heterocycles. The molecule has 17 heavy (non-hydrogen) atoms. The summed E-state index contributed by atoms with van der Waals surface area (Å²) in [6.07, 6.45) is 3.44. The summed E-state index contributed by atoms with van der Waals surface area (Å²) in [7, 11) is 0. The highest BCUT2D eigenvalue weighted by Gasteiger charge is 2.18. The molecule has 0 spiro atoms. The molecule has 1 N–H and O–H groups in total. The number of rotatable bonds is 3. The van der Waals surface area contributed by atoms with E-state index in [2.05, 4.69) is 11.4 Å². The summed E-state index contributed by atoms with van der Waals surface area (Å²) in [5, 5.41) is 3.38. The maximum absolute atomic E-state index is 5.98. The predicted molar refractivity (Wildman–Crippen MR) is 66.7 cm³/mol. The Bertz CT molecular complexity index is 386. The van der Waals surface area contributed by atoms with E-state index < -0.39 is 0 Å². The van der Waals surface area contributed by atoms with Crippen LogP contribution >= 0.6 is 0 Å². The van der Waals surface area contributed by atoms with Crippen LogP contribution in [0.3, 0.4) is 0 Å². The van der Waals surface area contributed by atoms with Crippen LogP contribution in [0.25, 0.3) is 0 Å². The lowest BCUT2D eigenvalue weighted by molar-refractivity contribution is 0.214. The molecule has 1 saturated heterocycles. The first-order chi connectivity index (χ1) is 8.43. The monoisotopic (exact) mass is 233 g/mol. The minimum Gasteiger partial charge on any atom is -0.493 e. The molecule has 0 amide bonds. The maximum atomic E-state index is 5.98. The molecule has 0 saturated carbocycles. The average molecular weight is 233 g/mol. The van der Waals surface area contributed by atoms with Gasteiger partial charge in [0.15, 0.2) is 0 Å². The fourth-order valence-corrected chi connectivity index (χ4v) is 2.58. The van der Waals surface area contributed by atoms with Crippen molar-refractivity contribution in [3.63, 3.8) is 0 Å². The molecule has 2 aliphatic heterocycles. The molecule has 1 fully saturated rings. The van der Waals surface area contributed by atoms with E-state index in [4.69, 9.17) is 9.47 Å². The lowest BCUT2D eigenvalue weighted by Crippen LogP contribution is -2.30. The second-order valence-corrected chi connectivity index (χ2v) is 4.84. The van der Waals surface area contributed by atoms with Crippen LogP contribution < -0.4 is 14.8 Å². The van der Waals surface area contributed by atoms with E-state index in [0.717, 1.165) is 44.2 Å². The molecule has 2 heterocycles. The zero-order valence-corrected chi connectivity index (χ0v) is 10.1. The van der Waals surface area contributed by atoms with Gasteiger partial charge in [0.25, 0.3) is 0 Å². The van der Waals surface area contributed by atoms with Crippen molar-refractivity contribution < 1.29 is 9.47 Å². The van der Waals surface area contributed by atoms with Gasteiger partial charge in [-0.25, -0.2) is 0 Å². The Morgan fingerprint density at radius 2 is 2.18 bits per heavy atom. The number of benzene rings is 1. The van der Waals surface area contributed by atoms with Crippen molar-refractivity contribution in [2.45, 2.75) is 19.3 Å². The van der Waals surface area contributed by atoms with Gasteiger partial charge in [-0.1, -0.05) is 6.07 Å². The first kappa shape index (κ1) is 10.9. The van der Waals surface area contributed by atoms with Gasteiger partial charge in [0.1, 0.15) is 11.5 Å². The van der Waals surface area contributed by atoms with Crippen LogP contribution in [0.5, 0.6) is 11.5 Å². The van der Waals surface area contributed by atoms with Crippen LogP contribution in [-0.2, 0) is 6.42 Å². The molecule has 2 aliphatic rings. The van der Waals surface area contributed by atoms with Crippen LogP contribution in [0, 0.1) is 5.92 Å². The van der Waals surface area contributed by atoms with Crippen molar-refractivity contribution in [1.29, 1.82) is 0 Å². The topological polar surface area (TPSA) is 30.5 Å². The fourth-order valence-electron chi connectivity index (χ4n) is 2.58. The molecule has 1 aromatic rings. The molecule has 0 radical (unpaired) electrons. The number of ether oxygens (including phenoxy) is 2. The smallest absolute Gasteiger partial charge is 0.126 e. The van der Waals surface area contributed by atoms with Crippen LogP contribution in [0.15, 0.2) is 18.2 Å². The van der Waals surface area contributed by atoms with E-state index in [1.807, 2.05) is 12.1 Å². The summed E-state index contributed by atoms with van der Waals surface area (Å²) in [6.45, 7) is 3.90. The Balaban J connectivity index is 1.63. The third-order valence-corrected chi connectivity index (χ3v) is 3.63. The highest BCUT2D eigenvalue weighted by atomic mass is 16.5. The fraction of sp³-hybridized carbons (Fsp3) is 0.571. The van der Waals surface area contributed by atoms with Gasteiger partial charge in [-0.2, -0.15) is 0 Å². The van der Waals surface area contributed by atoms with Crippen molar-refractivity contribution in [1.82, 2.24) is 5.32 Å². The van der Waals surface area contributed by atoms with Gasteiger partial charge in [0.2, 0.25) is 0 Å². The van der Waals surface area contributed by atoms with Crippen LogP contribution in [0.4, 0.5) is 0 Å². The molecule has 3 nitrogen and oxygen atoms in total. The first-order valence-electron chi connectivity index (χ1n) is 6.52. The summed E-state index contributed by atoms with van der Waals surface area (Å²) in [6, 6.07) is 6.11. The zero-order chi connectivity index (χ0) is 11.5. The van der Waals surface area contributed by atoms with E-state index >= 15 is 0 Å². The number of piperidine rings is 1. The predicted octanol–water partition coefficient (Wildman–Crippen LogP) is 2.00. The Kier molecular flexibility index (Phi) is 3.18. The minimum atomic E-state index is 0.703. The molecule has 0 atom stereocenters. The lowest BCUT2D eigenvalue weighted by Gasteiger charge is -2.23. The highest BCUT2D eigenvalue weighted by molar-refractivity contribution is 5.46. The van der Waals surface area contributed by atoms with E-state index in [1.165, 1.54) is 18.4 Å². The first-order valence-corrected chi connectivity index (χ1v) is 6.52. The standard InChI is InChI=1S/C14H19NO2/c1-2-13-12(6-9-16-13)14(3-1)17-10-11-4-7-15-8-5-11/h1-3,11,15H,4-10H2.